The fraction of sp³-hybridized carbons (Fsp3) is 0.304. The quantitative estimate of drug-likeness (QED) is 0.210. The van der Waals surface area contributed by atoms with E-state index in [1.54, 1.807) is 18.4 Å². The number of methoxy groups -OCH3 is 1. The van der Waals surface area contributed by atoms with Gasteiger partial charge >= 0.3 is 0 Å². The smallest absolute Gasteiger partial charge is 0.191 e. The van der Waals surface area contributed by atoms with Crippen molar-refractivity contribution in [3.8, 4) is 16.3 Å². The van der Waals surface area contributed by atoms with Crippen LogP contribution in [0.3, 0.4) is 0 Å². The van der Waals surface area contributed by atoms with Gasteiger partial charge in [-0.1, -0.05) is 30.3 Å². The van der Waals surface area contributed by atoms with Crippen LogP contribution in [0.25, 0.3) is 10.6 Å². The molecule has 3 N–H and O–H groups in total. The molecule has 166 valence electrons. The molecule has 0 bridgehead atoms. The average molecular weight is 552 g/mol. The molecule has 0 aliphatic carbocycles. The molecule has 0 amide bonds. The van der Waals surface area contributed by atoms with Crippen LogP contribution in [-0.4, -0.2) is 42.9 Å². The van der Waals surface area contributed by atoms with Crippen molar-refractivity contribution in [1.82, 2.24) is 15.6 Å². The normalized spacial score (nSPS) is 12.0. The summed E-state index contributed by atoms with van der Waals surface area (Å²) in [6, 6.07) is 17.9. The number of nitrogens with zero attached hydrogens (tertiary/aromatic N) is 2. The third-order valence-electron chi connectivity index (χ3n) is 4.64. The molecule has 6 nitrogen and oxygen atoms in total. The Morgan fingerprint density at radius 1 is 1.13 bits per heavy atom. The van der Waals surface area contributed by atoms with Crippen LogP contribution in [0.15, 0.2) is 65.0 Å². The van der Waals surface area contributed by atoms with Gasteiger partial charge in [0.15, 0.2) is 5.96 Å². The van der Waals surface area contributed by atoms with E-state index < -0.39 is 0 Å². The minimum absolute atomic E-state index is 0. The van der Waals surface area contributed by atoms with Gasteiger partial charge in [-0.25, -0.2) is 9.98 Å². The van der Waals surface area contributed by atoms with E-state index in [2.05, 4.69) is 15.6 Å². The van der Waals surface area contributed by atoms with Gasteiger partial charge in [-0.15, -0.1) is 35.3 Å². The largest absolute Gasteiger partial charge is 0.497 e. The number of hydrogen-bond acceptors (Lipinski definition) is 5. The summed E-state index contributed by atoms with van der Waals surface area (Å²) in [5.74, 6) is 1.56. The van der Waals surface area contributed by atoms with Crippen molar-refractivity contribution < 1.29 is 9.84 Å². The summed E-state index contributed by atoms with van der Waals surface area (Å²) < 4.78 is 5.21. The summed E-state index contributed by atoms with van der Waals surface area (Å²) in [7, 11) is 1.66. The van der Waals surface area contributed by atoms with Gasteiger partial charge in [-0.3, -0.25) is 0 Å². The van der Waals surface area contributed by atoms with E-state index in [0.717, 1.165) is 34.1 Å². The number of ether oxygens (including phenoxy) is 1. The van der Waals surface area contributed by atoms with Crippen molar-refractivity contribution >= 4 is 41.3 Å². The lowest BCUT2D eigenvalue weighted by Crippen LogP contribution is -2.39. The van der Waals surface area contributed by atoms with Gasteiger partial charge in [0.2, 0.25) is 0 Å². The summed E-state index contributed by atoms with van der Waals surface area (Å²) in [5, 5.41) is 19.3. The Labute approximate surface area is 204 Å². The van der Waals surface area contributed by atoms with Gasteiger partial charge in [0.05, 0.1) is 26.0 Å². The third kappa shape index (κ3) is 7.48. The fourth-order valence-electron chi connectivity index (χ4n) is 2.98. The molecule has 3 aromatic rings. The molecule has 0 aliphatic heterocycles. The highest BCUT2D eigenvalue weighted by Crippen LogP contribution is 2.25. The minimum atomic E-state index is 0. The van der Waals surface area contributed by atoms with Crippen molar-refractivity contribution in [1.29, 1.82) is 0 Å². The molecule has 31 heavy (non-hydrogen) atoms. The van der Waals surface area contributed by atoms with E-state index in [1.165, 1.54) is 0 Å². The van der Waals surface area contributed by atoms with Crippen LogP contribution in [-0.2, 0) is 6.54 Å². The zero-order valence-electron chi connectivity index (χ0n) is 17.7. The highest BCUT2D eigenvalue weighted by molar-refractivity contribution is 14.0. The molecule has 2 aromatic carbocycles. The van der Waals surface area contributed by atoms with E-state index in [4.69, 9.17) is 9.72 Å². The Morgan fingerprint density at radius 3 is 2.52 bits per heavy atom. The molecule has 0 saturated carbocycles. The molecule has 0 aliphatic rings. The number of rotatable bonds is 9. The van der Waals surface area contributed by atoms with Crippen molar-refractivity contribution in [3.63, 3.8) is 0 Å². The van der Waals surface area contributed by atoms with Gasteiger partial charge in [-0.2, -0.15) is 0 Å². The number of aliphatic imine (C=N–C) groups is 1. The minimum Gasteiger partial charge on any atom is -0.497 e. The van der Waals surface area contributed by atoms with Crippen molar-refractivity contribution in [2.24, 2.45) is 4.99 Å². The first kappa shape index (κ1) is 25.1. The first-order valence-electron chi connectivity index (χ1n) is 10.00. The second-order valence-electron chi connectivity index (χ2n) is 6.74. The van der Waals surface area contributed by atoms with Crippen LogP contribution < -0.4 is 15.4 Å². The maximum absolute atomic E-state index is 9.76. The van der Waals surface area contributed by atoms with E-state index in [-0.39, 0.29) is 36.5 Å². The van der Waals surface area contributed by atoms with Crippen LogP contribution in [0, 0.1) is 0 Å². The van der Waals surface area contributed by atoms with E-state index in [9.17, 15) is 5.11 Å². The first-order chi connectivity index (χ1) is 14.7. The lowest BCUT2D eigenvalue weighted by Gasteiger charge is -2.18. The molecule has 0 spiro atoms. The fourth-order valence-corrected chi connectivity index (χ4v) is 3.80. The standard InChI is InChI=1S/C23H28N4O2S.HI/c1-3-24-23(25-13-19(15-28)17-7-5-4-6-8-17)26-14-20-16-30-22(27-20)18-9-11-21(29-2)12-10-18;/h4-12,16,19,28H,3,13-15H2,1-2H3,(H2,24,25,26);1H. The Bertz CT molecular complexity index is 932. The lowest BCUT2D eigenvalue weighted by atomic mass is 10.0. The monoisotopic (exact) mass is 552 g/mol. The number of hydrogen-bond donors (Lipinski definition) is 3. The highest BCUT2D eigenvalue weighted by Gasteiger charge is 2.11. The van der Waals surface area contributed by atoms with Gasteiger partial charge in [0.25, 0.3) is 0 Å². The molecule has 1 atom stereocenters. The lowest BCUT2D eigenvalue weighted by molar-refractivity contribution is 0.265. The Hall–Kier alpha value is -2.17. The van der Waals surface area contributed by atoms with Gasteiger partial charge in [0, 0.05) is 30.0 Å². The molecular formula is C23H29IN4O2S. The molecule has 1 unspecified atom stereocenters. The molecular weight excluding hydrogens is 523 g/mol. The first-order valence-corrected chi connectivity index (χ1v) is 10.9. The summed E-state index contributed by atoms with van der Waals surface area (Å²) in [5.41, 5.74) is 3.09. The van der Waals surface area contributed by atoms with Gasteiger partial charge in [-0.05, 0) is 36.8 Å². The predicted octanol–water partition coefficient (Wildman–Crippen LogP) is 4.27. The number of nitrogens with one attached hydrogen (secondary N) is 2. The summed E-state index contributed by atoms with van der Waals surface area (Å²) >= 11 is 1.61. The zero-order valence-corrected chi connectivity index (χ0v) is 20.9. The second-order valence-corrected chi connectivity index (χ2v) is 7.60. The molecule has 8 heteroatoms. The topological polar surface area (TPSA) is 78.8 Å². The maximum atomic E-state index is 9.76. The Kier molecular flexibility index (Phi) is 10.8. The van der Waals surface area contributed by atoms with Crippen LogP contribution in [0.5, 0.6) is 5.75 Å². The maximum Gasteiger partial charge on any atom is 0.191 e. The van der Waals surface area contributed by atoms with Gasteiger partial charge < -0.3 is 20.5 Å². The van der Waals surface area contributed by atoms with Crippen molar-refractivity contribution in [3.05, 3.63) is 71.2 Å². The number of guanidine groups is 1. The SMILES string of the molecule is CCNC(=NCc1csc(-c2ccc(OC)cc2)n1)NCC(CO)c1ccccc1.I. The van der Waals surface area contributed by atoms with E-state index in [0.29, 0.717) is 19.0 Å². The van der Waals surface area contributed by atoms with Crippen LogP contribution >= 0.6 is 35.3 Å². The van der Waals surface area contributed by atoms with Gasteiger partial charge in [0.1, 0.15) is 10.8 Å². The Balaban J connectivity index is 0.00000341. The molecule has 0 fully saturated rings. The van der Waals surface area contributed by atoms with Crippen molar-refractivity contribution in [2.75, 3.05) is 26.8 Å². The van der Waals surface area contributed by atoms with E-state index >= 15 is 0 Å². The number of halogens is 1. The number of aliphatic hydroxyl groups excluding tert-OH is 1. The molecule has 1 heterocycles. The zero-order chi connectivity index (χ0) is 21.2. The summed E-state index contributed by atoms with van der Waals surface area (Å²) in [6.07, 6.45) is 0. The van der Waals surface area contributed by atoms with Crippen LogP contribution in [0.4, 0.5) is 0 Å². The predicted molar refractivity (Wildman–Crippen MR) is 139 cm³/mol. The Morgan fingerprint density at radius 2 is 1.87 bits per heavy atom. The second kappa shape index (κ2) is 13.3. The molecule has 0 saturated heterocycles. The number of aliphatic hydroxyl groups is 1. The molecule has 1 aromatic heterocycles. The summed E-state index contributed by atoms with van der Waals surface area (Å²) in [4.78, 5) is 9.36. The molecule has 3 rings (SSSR count). The number of thiazole rings is 1. The van der Waals surface area contributed by atoms with Crippen LogP contribution in [0.1, 0.15) is 24.1 Å². The number of aromatic nitrogens is 1. The average Bonchev–Trinajstić information content (AvgIpc) is 3.27. The van der Waals surface area contributed by atoms with E-state index in [1.807, 2.05) is 66.9 Å². The van der Waals surface area contributed by atoms with Crippen LogP contribution in [0.2, 0.25) is 0 Å². The third-order valence-corrected chi connectivity index (χ3v) is 5.58. The molecule has 0 radical (unpaired) electrons. The number of benzene rings is 2. The van der Waals surface area contributed by atoms with Crippen molar-refractivity contribution in [2.45, 2.75) is 19.4 Å². The summed E-state index contributed by atoms with van der Waals surface area (Å²) in [6.45, 7) is 3.95. The highest BCUT2D eigenvalue weighted by atomic mass is 127.